The second kappa shape index (κ2) is 5.72. The van der Waals surface area contributed by atoms with Crippen LogP contribution >= 0.6 is 27.3 Å². The van der Waals surface area contributed by atoms with Gasteiger partial charge in [0.2, 0.25) is 10.0 Å². The smallest absolute Gasteiger partial charge is 0.243 e. The molecule has 0 radical (unpaired) electrons. The summed E-state index contributed by atoms with van der Waals surface area (Å²) in [5.41, 5.74) is 7.32. The molecule has 0 aliphatic carbocycles. The van der Waals surface area contributed by atoms with Crippen molar-refractivity contribution in [3.05, 3.63) is 45.1 Å². The molecular formula is C14H15BrN2O2S2. The van der Waals surface area contributed by atoms with Crippen LogP contribution in [-0.4, -0.2) is 19.3 Å². The van der Waals surface area contributed by atoms with E-state index in [9.17, 15) is 8.42 Å². The van der Waals surface area contributed by atoms with Crippen molar-refractivity contribution in [1.82, 2.24) is 4.31 Å². The molecule has 21 heavy (non-hydrogen) atoms. The molecule has 1 aromatic heterocycles. The van der Waals surface area contributed by atoms with E-state index < -0.39 is 10.0 Å². The Morgan fingerprint density at radius 1 is 1.33 bits per heavy atom. The Hall–Kier alpha value is -0.890. The van der Waals surface area contributed by atoms with Crippen LogP contribution in [0, 0.1) is 0 Å². The van der Waals surface area contributed by atoms with Crippen LogP contribution in [0.25, 0.3) is 0 Å². The molecule has 0 bridgehead atoms. The average Bonchev–Trinajstić information content (AvgIpc) is 3.11. The summed E-state index contributed by atoms with van der Waals surface area (Å²) >= 11 is 4.88. The Kier molecular flexibility index (Phi) is 4.09. The average molecular weight is 387 g/mol. The van der Waals surface area contributed by atoms with Gasteiger partial charge in [0.15, 0.2) is 0 Å². The topological polar surface area (TPSA) is 63.4 Å². The molecular weight excluding hydrogens is 372 g/mol. The quantitative estimate of drug-likeness (QED) is 0.819. The van der Waals surface area contributed by atoms with E-state index in [1.807, 2.05) is 16.8 Å². The normalized spacial score (nSPS) is 20.0. The van der Waals surface area contributed by atoms with E-state index >= 15 is 0 Å². The SMILES string of the molecule is Nc1cc(S(=O)(=O)N2CCCC2c2ccsc2)ccc1Br. The summed E-state index contributed by atoms with van der Waals surface area (Å²) in [6.45, 7) is 0.554. The summed E-state index contributed by atoms with van der Waals surface area (Å²) in [6.07, 6.45) is 1.74. The van der Waals surface area contributed by atoms with Gasteiger partial charge in [-0.05, 0) is 69.4 Å². The standard InChI is InChI=1S/C14H15BrN2O2S2/c15-12-4-3-11(8-13(12)16)21(18,19)17-6-1-2-14(17)10-5-7-20-9-10/h3-5,7-9,14H,1-2,6,16H2. The lowest BCUT2D eigenvalue weighted by atomic mass is 10.1. The van der Waals surface area contributed by atoms with Crippen molar-refractivity contribution in [3.8, 4) is 0 Å². The van der Waals surface area contributed by atoms with Gasteiger partial charge in [0.25, 0.3) is 0 Å². The van der Waals surface area contributed by atoms with Crippen molar-refractivity contribution in [1.29, 1.82) is 0 Å². The van der Waals surface area contributed by atoms with Crippen LogP contribution in [0.15, 0.2) is 44.4 Å². The van der Waals surface area contributed by atoms with E-state index in [-0.39, 0.29) is 10.9 Å². The van der Waals surface area contributed by atoms with Crippen LogP contribution in [0.1, 0.15) is 24.4 Å². The van der Waals surface area contributed by atoms with Gasteiger partial charge in [-0.25, -0.2) is 8.42 Å². The van der Waals surface area contributed by atoms with Crippen molar-refractivity contribution in [2.24, 2.45) is 0 Å². The number of nitrogens with zero attached hydrogens (tertiary/aromatic N) is 1. The van der Waals surface area contributed by atoms with Crippen LogP contribution in [0.4, 0.5) is 5.69 Å². The van der Waals surface area contributed by atoms with E-state index in [0.29, 0.717) is 16.7 Å². The molecule has 0 spiro atoms. The third-order valence-electron chi connectivity index (χ3n) is 3.71. The summed E-state index contributed by atoms with van der Waals surface area (Å²) in [5.74, 6) is 0. The highest BCUT2D eigenvalue weighted by molar-refractivity contribution is 9.10. The number of thiophene rings is 1. The van der Waals surface area contributed by atoms with E-state index in [0.717, 1.165) is 18.4 Å². The summed E-state index contributed by atoms with van der Waals surface area (Å²) < 4.78 is 28.0. The summed E-state index contributed by atoms with van der Waals surface area (Å²) in [4.78, 5) is 0.255. The van der Waals surface area contributed by atoms with E-state index in [4.69, 9.17) is 5.73 Å². The molecule has 2 aromatic rings. The molecule has 3 rings (SSSR count). The molecule has 1 unspecified atom stereocenters. The lowest BCUT2D eigenvalue weighted by Gasteiger charge is -2.23. The molecule has 112 valence electrons. The van der Waals surface area contributed by atoms with Crippen molar-refractivity contribution in [2.75, 3.05) is 12.3 Å². The minimum atomic E-state index is -3.52. The maximum Gasteiger partial charge on any atom is 0.243 e. The molecule has 2 heterocycles. The zero-order chi connectivity index (χ0) is 15.0. The molecule has 7 heteroatoms. The highest BCUT2D eigenvalue weighted by Crippen LogP contribution is 2.38. The molecule has 0 amide bonds. The third kappa shape index (κ3) is 2.75. The fourth-order valence-electron chi connectivity index (χ4n) is 2.64. The van der Waals surface area contributed by atoms with E-state index in [1.54, 1.807) is 27.8 Å². The number of nitrogens with two attached hydrogens (primary N) is 1. The molecule has 1 atom stereocenters. The van der Waals surface area contributed by atoms with Crippen LogP contribution < -0.4 is 5.73 Å². The maximum atomic E-state index is 12.9. The second-order valence-corrected chi connectivity index (χ2v) is 8.54. The number of sulfonamides is 1. The molecule has 1 aliphatic rings. The predicted molar refractivity (Wildman–Crippen MR) is 88.7 cm³/mol. The number of benzene rings is 1. The molecule has 1 aliphatic heterocycles. The lowest BCUT2D eigenvalue weighted by Crippen LogP contribution is -2.30. The van der Waals surface area contributed by atoms with Gasteiger partial charge in [0, 0.05) is 16.7 Å². The zero-order valence-electron chi connectivity index (χ0n) is 11.2. The zero-order valence-corrected chi connectivity index (χ0v) is 14.4. The number of rotatable bonds is 3. The van der Waals surface area contributed by atoms with Gasteiger partial charge >= 0.3 is 0 Å². The van der Waals surface area contributed by atoms with Crippen LogP contribution in [0.2, 0.25) is 0 Å². The van der Waals surface area contributed by atoms with Crippen molar-refractivity contribution < 1.29 is 8.42 Å². The second-order valence-electron chi connectivity index (χ2n) is 5.01. The van der Waals surface area contributed by atoms with Gasteiger partial charge in [-0.3, -0.25) is 0 Å². The van der Waals surface area contributed by atoms with Gasteiger partial charge in [-0.2, -0.15) is 15.6 Å². The Morgan fingerprint density at radius 3 is 2.81 bits per heavy atom. The lowest BCUT2D eigenvalue weighted by molar-refractivity contribution is 0.397. The Bertz CT molecular complexity index is 744. The third-order valence-corrected chi connectivity index (χ3v) is 7.03. The van der Waals surface area contributed by atoms with Gasteiger partial charge in [0.05, 0.1) is 10.9 Å². The van der Waals surface area contributed by atoms with Crippen LogP contribution in [0.3, 0.4) is 0 Å². The summed E-state index contributed by atoms with van der Waals surface area (Å²) in [5, 5.41) is 4.00. The van der Waals surface area contributed by atoms with Gasteiger partial charge in [0.1, 0.15) is 0 Å². The largest absolute Gasteiger partial charge is 0.398 e. The van der Waals surface area contributed by atoms with Crippen molar-refractivity contribution in [3.63, 3.8) is 0 Å². The highest BCUT2D eigenvalue weighted by Gasteiger charge is 2.36. The van der Waals surface area contributed by atoms with Crippen molar-refractivity contribution >= 4 is 43.0 Å². The summed E-state index contributed by atoms with van der Waals surface area (Å²) in [7, 11) is -3.52. The molecule has 1 aromatic carbocycles. The first-order valence-corrected chi connectivity index (χ1v) is 9.77. The Balaban J connectivity index is 1.99. The maximum absolute atomic E-state index is 12.9. The highest BCUT2D eigenvalue weighted by atomic mass is 79.9. The van der Waals surface area contributed by atoms with Gasteiger partial charge < -0.3 is 5.73 Å². The molecule has 4 nitrogen and oxygen atoms in total. The van der Waals surface area contributed by atoms with E-state index in [2.05, 4.69) is 15.9 Å². The molecule has 0 saturated carbocycles. The van der Waals surface area contributed by atoms with Crippen LogP contribution in [-0.2, 0) is 10.0 Å². The predicted octanol–water partition coefficient (Wildman–Crippen LogP) is 3.62. The first-order chi connectivity index (χ1) is 10.00. The monoisotopic (exact) mass is 386 g/mol. The fourth-order valence-corrected chi connectivity index (χ4v) is 5.32. The minimum absolute atomic E-state index is 0.0638. The number of hydrogen-bond acceptors (Lipinski definition) is 4. The molecule has 1 saturated heterocycles. The Labute approximate surface area is 136 Å². The number of halogens is 1. The van der Waals surface area contributed by atoms with Gasteiger partial charge in [-0.1, -0.05) is 0 Å². The van der Waals surface area contributed by atoms with E-state index in [1.165, 1.54) is 6.07 Å². The Morgan fingerprint density at radius 2 is 2.14 bits per heavy atom. The van der Waals surface area contributed by atoms with Crippen LogP contribution in [0.5, 0.6) is 0 Å². The molecule has 2 N–H and O–H groups in total. The fraction of sp³-hybridized carbons (Fsp3) is 0.286. The first-order valence-electron chi connectivity index (χ1n) is 6.59. The van der Waals surface area contributed by atoms with Gasteiger partial charge in [-0.15, -0.1) is 0 Å². The number of nitrogen functional groups attached to an aromatic ring is 1. The minimum Gasteiger partial charge on any atom is -0.398 e. The molecule has 1 fully saturated rings. The summed E-state index contributed by atoms with van der Waals surface area (Å²) in [6, 6.07) is 6.73. The van der Waals surface area contributed by atoms with Crippen molar-refractivity contribution in [2.45, 2.75) is 23.8 Å². The number of anilines is 1. The first kappa shape index (κ1) is 15.0. The number of hydrogen-bond donors (Lipinski definition) is 1.